The molecule has 142 valence electrons. The van der Waals surface area contributed by atoms with Crippen LogP contribution in [0, 0.1) is 5.92 Å². The van der Waals surface area contributed by atoms with Gasteiger partial charge in [0.25, 0.3) is 5.91 Å². The largest absolute Gasteiger partial charge is 0.486 e. The molecule has 2 N–H and O–H groups in total. The number of benzene rings is 1. The van der Waals surface area contributed by atoms with Crippen molar-refractivity contribution in [3.63, 3.8) is 0 Å². The van der Waals surface area contributed by atoms with Crippen LogP contribution < -0.4 is 14.8 Å². The fourth-order valence-corrected chi connectivity index (χ4v) is 3.35. The lowest BCUT2D eigenvalue weighted by Gasteiger charge is -2.22. The zero-order valence-corrected chi connectivity index (χ0v) is 15.0. The van der Waals surface area contributed by atoms with Crippen molar-refractivity contribution in [3.8, 4) is 11.5 Å². The monoisotopic (exact) mass is 371 g/mol. The quantitative estimate of drug-likeness (QED) is 0.809. The summed E-state index contributed by atoms with van der Waals surface area (Å²) in [6.45, 7) is 2.81. The molecule has 0 radical (unpaired) electrons. The topological polar surface area (TPSA) is 98.0 Å². The van der Waals surface area contributed by atoms with Gasteiger partial charge in [-0.3, -0.25) is 4.79 Å². The highest BCUT2D eigenvalue weighted by atomic mass is 16.6. The molecule has 1 saturated carbocycles. The van der Waals surface area contributed by atoms with Crippen molar-refractivity contribution < 1.29 is 28.6 Å². The molecule has 0 saturated heterocycles. The molecule has 1 amide bonds. The van der Waals surface area contributed by atoms with Crippen LogP contribution in [0.3, 0.4) is 0 Å². The van der Waals surface area contributed by atoms with Gasteiger partial charge in [-0.05, 0) is 36.5 Å². The minimum absolute atomic E-state index is 0.0208. The number of aromatic carboxylic acids is 1. The average molecular weight is 371 g/mol. The third-order valence-electron chi connectivity index (χ3n) is 4.89. The van der Waals surface area contributed by atoms with Gasteiger partial charge in [-0.25, -0.2) is 4.79 Å². The van der Waals surface area contributed by atoms with Crippen LogP contribution in [0.15, 0.2) is 28.7 Å². The minimum atomic E-state index is -1.10. The highest BCUT2D eigenvalue weighted by molar-refractivity contribution is 5.96. The summed E-state index contributed by atoms with van der Waals surface area (Å²) in [4.78, 5) is 24.0. The molecule has 2 aromatic rings. The summed E-state index contributed by atoms with van der Waals surface area (Å²) in [7, 11) is 0. The molecule has 1 unspecified atom stereocenters. The van der Waals surface area contributed by atoms with E-state index in [1.165, 1.54) is 6.07 Å². The van der Waals surface area contributed by atoms with E-state index in [9.17, 15) is 14.7 Å². The number of fused-ring (bicyclic) bond motifs is 1. The maximum atomic E-state index is 12.7. The lowest BCUT2D eigenvalue weighted by molar-refractivity contribution is 0.0694. The van der Waals surface area contributed by atoms with Gasteiger partial charge in [0.1, 0.15) is 24.5 Å². The predicted molar refractivity (Wildman–Crippen MR) is 95.4 cm³/mol. The van der Waals surface area contributed by atoms with Crippen LogP contribution >= 0.6 is 0 Å². The molecule has 1 atom stereocenters. The molecule has 2 heterocycles. The SMILES string of the molecule is CCc1oc(C(=O)NC(c2ccc3c(c2)OCCO3)C2CC2)cc1C(=O)O. The van der Waals surface area contributed by atoms with E-state index in [0.717, 1.165) is 18.4 Å². The van der Waals surface area contributed by atoms with Gasteiger partial charge in [-0.1, -0.05) is 13.0 Å². The zero-order valence-electron chi connectivity index (χ0n) is 15.0. The Bertz CT molecular complexity index is 883. The Hall–Kier alpha value is -2.96. The molecular formula is C20H21NO6. The number of ether oxygens (including phenoxy) is 2. The van der Waals surface area contributed by atoms with Crippen LogP contribution in [0.4, 0.5) is 0 Å². The molecule has 1 aromatic heterocycles. The number of carbonyl (C=O) groups is 2. The Morgan fingerprint density at radius 3 is 2.56 bits per heavy atom. The van der Waals surface area contributed by atoms with Crippen molar-refractivity contribution in [2.45, 2.75) is 32.2 Å². The molecule has 4 rings (SSSR count). The first-order valence-electron chi connectivity index (χ1n) is 9.13. The summed E-state index contributed by atoms with van der Waals surface area (Å²) in [5.74, 6) is 0.538. The molecular weight excluding hydrogens is 350 g/mol. The van der Waals surface area contributed by atoms with E-state index in [0.29, 0.717) is 42.8 Å². The minimum Gasteiger partial charge on any atom is -0.486 e. The molecule has 1 aliphatic heterocycles. The molecule has 1 aliphatic carbocycles. The van der Waals surface area contributed by atoms with E-state index in [1.807, 2.05) is 18.2 Å². The van der Waals surface area contributed by atoms with Crippen LogP contribution in [0.5, 0.6) is 11.5 Å². The fourth-order valence-electron chi connectivity index (χ4n) is 3.35. The Morgan fingerprint density at radius 2 is 1.93 bits per heavy atom. The number of carboxylic acid groups (broad SMARTS) is 1. The van der Waals surface area contributed by atoms with Crippen LogP contribution in [0.2, 0.25) is 0 Å². The molecule has 0 spiro atoms. The number of carbonyl (C=O) groups excluding carboxylic acids is 1. The van der Waals surface area contributed by atoms with Crippen LogP contribution in [0.1, 0.15) is 58.0 Å². The highest BCUT2D eigenvalue weighted by Gasteiger charge is 2.35. The molecule has 27 heavy (non-hydrogen) atoms. The number of aryl methyl sites for hydroxylation is 1. The van der Waals surface area contributed by atoms with Gasteiger partial charge < -0.3 is 24.3 Å². The molecule has 7 heteroatoms. The van der Waals surface area contributed by atoms with Gasteiger partial charge >= 0.3 is 5.97 Å². The normalized spacial score (nSPS) is 16.6. The Morgan fingerprint density at radius 1 is 1.19 bits per heavy atom. The second kappa shape index (κ2) is 6.98. The number of rotatable bonds is 6. The maximum absolute atomic E-state index is 12.7. The maximum Gasteiger partial charge on any atom is 0.339 e. The summed E-state index contributed by atoms with van der Waals surface area (Å²) < 4.78 is 16.7. The van der Waals surface area contributed by atoms with Crippen molar-refractivity contribution in [2.75, 3.05) is 13.2 Å². The second-order valence-corrected chi connectivity index (χ2v) is 6.80. The Balaban J connectivity index is 1.57. The number of hydrogen-bond donors (Lipinski definition) is 2. The van der Waals surface area contributed by atoms with E-state index in [4.69, 9.17) is 13.9 Å². The average Bonchev–Trinajstić information content (AvgIpc) is 3.42. The van der Waals surface area contributed by atoms with Crippen molar-refractivity contribution in [3.05, 3.63) is 46.9 Å². The number of hydrogen-bond acceptors (Lipinski definition) is 5. The Labute approximate surface area is 156 Å². The highest BCUT2D eigenvalue weighted by Crippen LogP contribution is 2.43. The number of amides is 1. The van der Waals surface area contributed by atoms with E-state index in [-0.39, 0.29) is 17.4 Å². The van der Waals surface area contributed by atoms with E-state index in [1.54, 1.807) is 6.92 Å². The van der Waals surface area contributed by atoms with Gasteiger partial charge in [-0.2, -0.15) is 0 Å². The third kappa shape index (κ3) is 3.49. The van der Waals surface area contributed by atoms with Crippen molar-refractivity contribution in [2.24, 2.45) is 5.92 Å². The standard InChI is InChI=1S/C20H21NO6/c1-2-14-13(20(23)24)10-17(27-14)19(22)21-18(11-3-4-11)12-5-6-15-16(9-12)26-8-7-25-15/h5-6,9-11,18H,2-4,7-8H2,1H3,(H,21,22)(H,23,24). The van der Waals surface area contributed by atoms with Crippen molar-refractivity contribution in [1.82, 2.24) is 5.32 Å². The van der Waals surface area contributed by atoms with Crippen LogP contribution in [0.25, 0.3) is 0 Å². The van der Waals surface area contributed by atoms with E-state index < -0.39 is 11.9 Å². The molecule has 2 aliphatic rings. The van der Waals surface area contributed by atoms with Gasteiger partial charge in [0.15, 0.2) is 17.3 Å². The van der Waals surface area contributed by atoms with E-state index >= 15 is 0 Å². The lowest BCUT2D eigenvalue weighted by atomic mass is 10.0. The first-order valence-corrected chi connectivity index (χ1v) is 9.13. The first kappa shape index (κ1) is 17.5. The number of furan rings is 1. The van der Waals surface area contributed by atoms with Crippen molar-refractivity contribution >= 4 is 11.9 Å². The summed E-state index contributed by atoms with van der Waals surface area (Å²) in [5, 5.41) is 12.2. The van der Waals surface area contributed by atoms with Gasteiger partial charge in [-0.15, -0.1) is 0 Å². The van der Waals surface area contributed by atoms with E-state index in [2.05, 4.69) is 5.32 Å². The lowest BCUT2D eigenvalue weighted by Crippen LogP contribution is -2.29. The summed E-state index contributed by atoms with van der Waals surface area (Å²) >= 11 is 0. The van der Waals surface area contributed by atoms with Crippen molar-refractivity contribution in [1.29, 1.82) is 0 Å². The smallest absolute Gasteiger partial charge is 0.339 e. The summed E-state index contributed by atoms with van der Waals surface area (Å²) in [6, 6.07) is 6.80. The second-order valence-electron chi connectivity index (χ2n) is 6.80. The van der Waals surface area contributed by atoms with Gasteiger partial charge in [0.05, 0.1) is 6.04 Å². The van der Waals surface area contributed by atoms with Gasteiger partial charge in [0, 0.05) is 12.5 Å². The zero-order chi connectivity index (χ0) is 19.0. The summed E-state index contributed by atoms with van der Waals surface area (Å²) in [6.07, 6.45) is 2.46. The van der Waals surface area contributed by atoms with Crippen LogP contribution in [-0.2, 0) is 6.42 Å². The number of nitrogens with one attached hydrogen (secondary N) is 1. The predicted octanol–water partition coefficient (Wildman–Crippen LogP) is 3.19. The molecule has 7 nitrogen and oxygen atoms in total. The summed E-state index contributed by atoms with van der Waals surface area (Å²) in [5.41, 5.74) is 0.973. The molecule has 1 aromatic carbocycles. The molecule has 0 bridgehead atoms. The van der Waals surface area contributed by atoms with Crippen LogP contribution in [-0.4, -0.2) is 30.2 Å². The third-order valence-corrected chi connectivity index (χ3v) is 4.89. The van der Waals surface area contributed by atoms with Gasteiger partial charge in [0.2, 0.25) is 0 Å². The first-order chi connectivity index (χ1) is 13.1. The number of carboxylic acids is 1. The fraction of sp³-hybridized carbons (Fsp3) is 0.400. The Kier molecular flexibility index (Phi) is 4.51. The molecule has 1 fully saturated rings.